The summed E-state index contributed by atoms with van der Waals surface area (Å²) in [6.07, 6.45) is -1.00. The van der Waals surface area contributed by atoms with Gasteiger partial charge in [0.05, 0.1) is 27.3 Å². The van der Waals surface area contributed by atoms with Crippen LogP contribution in [-0.4, -0.2) is 88.8 Å². The summed E-state index contributed by atoms with van der Waals surface area (Å²) in [4.78, 5) is 32.7. The van der Waals surface area contributed by atoms with Crippen LogP contribution in [0.2, 0.25) is 0 Å². The summed E-state index contributed by atoms with van der Waals surface area (Å²) in [6, 6.07) is 22.9. The average Bonchev–Trinajstić information content (AvgIpc) is 3.86. The Balaban J connectivity index is 1.06. The number of methoxy groups -OCH3 is 2. The van der Waals surface area contributed by atoms with E-state index in [4.69, 9.17) is 37.9 Å². The maximum atomic E-state index is 12.9. The molecule has 0 bridgehead atoms. The van der Waals surface area contributed by atoms with Crippen LogP contribution in [0.5, 0.6) is 11.5 Å². The van der Waals surface area contributed by atoms with Gasteiger partial charge in [0.2, 0.25) is 0 Å². The van der Waals surface area contributed by atoms with Crippen LogP contribution in [0.15, 0.2) is 83.6 Å². The molecule has 0 N–H and O–H groups in total. The van der Waals surface area contributed by atoms with Gasteiger partial charge in [0.1, 0.15) is 25.0 Å². The minimum atomic E-state index is -0.502. The Labute approximate surface area is 300 Å². The van der Waals surface area contributed by atoms with Crippen molar-refractivity contribution in [1.82, 2.24) is 14.7 Å². The summed E-state index contributed by atoms with van der Waals surface area (Å²) in [7, 11) is 5.00. The van der Waals surface area contributed by atoms with Gasteiger partial charge in [-0.05, 0) is 65.3 Å². The van der Waals surface area contributed by atoms with Crippen molar-refractivity contribution in [3.8, 4) is 11.5 Å². The molecule has 0 saturated heterocycles. The van der Waals surface area contributed by atoms with Crippen LogP contribution in [0, 0.1) is 0 Å². The summed E-state index contributed by atoms with van der Waals surface area (Å²) in [5.74, 6) is 1.49. The van der Waals surface area contributed by atoms with E-state index < -0.39 is 12.2 Å². The third-order valence-corrected chi connectivity index (χ3v) is 8.65. The van der Waals surface area contributed by atoms with Gasteiger partial charge in [0.25, 0.3) is 0 Å². The van der Waals surface area contributed by atoms with E-state index in [1.165, 1.54) is 0 Å². The van der Waals surface area contributed by atoms with E-state index in [2.05, 4.69) is 0 Å². The number of carbonyl (C=O) groups excluding carboxylic acids is 2. The smallest absolute Gasteiger partial charge is 0.412 e. The summed E-state index contributed by atoms with van der Waals surface area (Å²) in [5, 5.41) is 3.93. The molecule has 2 amide bonds. The number of hydrogen-bond acceptors (Lipinski definition) is 13. The molecule has 0 aliphatic rings. The van der Waals surface area contributed by atoms with Gasteiger partial charge in [-0.15, -0.1) is 22.7 Å². The average molecular weight is 730 g/mol. The molecule has 4 aromatic rings. The second-order valence-corrected chi connectivity index (χ2v) is 12.9. The number of nitrogens with zero attached hydrogens (tertiary/aromatic N) is 3. The predicted octanol–water partition coefficient (Wildman–Crippen LogP) is 6.55. The molecular formula is C35H43N3O10S2. The zero-order valence-electron chi connectivity index (χ0n) is 28.4. The lowest BCUT2D eigenvalue weighted by Crippen LogP contribution is -2.31. The lowest BCUT2D eigenvalue weighted by molar-refractivity contribution is -0.161. The van der Waals surface area contributed by atoms with E-state index in [1.54, 1.807) is 58.6 Å². The minimum absolute atomic E-state index is 0.0913. The highest BCUT2D eigenvalue weighted by Crippen LogP contribution is 2.19. The molecule has 0 fully saturated rings. The van der Waals surface area contributed by atoms with Crippen molar-refractivity contribution in [3.63, 3.8) is 0 Å². The van der Waals surface area contributed by atoms with E-state index in [0.717, 1.165) is 32.4 Å². The second-order valence-electron chi connectivity index (χ2n) is 10.8. The van der Waals surface area contributed by atoms with Gasteiger partial charge in [-0.25, -0.2) is 9.59 Å². The number of carbonyl (C=O) groups is 2. The van der Waals surface area contributed by atoms with E-state index in [1.807, 2.05) is 83.6 Å². The van der Waals surface area contributed by atoms with E-state index in [9.17, 15) is 9.59 Å². The molecule has 2 aromatic heterocycles. The molecule has 0 spiro atoms. The fourth-order valence-corrected chi connectivity index (χ4v) is 5.87. The molecule has 13 nitrogen and oxygen atoms in total. The van der Waals surface area contributed by atoms with Gasteiger partial charge in [0.15, 0.2) is 27.2 Å². The van der Waals surface area contributed by atoms with Crippen molar-refractivity contribution in [2.75, 3.05) is 61.9 Å². The van der Waals surface area contributed by atoms with Gasteiger partial charge >= 0.3 is 12.2 Å². The lowest BCUT2D eigenvalue weighted by Gasteiger charge is -2.22. The zero-order valence-corrected chi connectivity index (χ0v) is 30.0. The number of hydrogen-bond donors (Lipinski definition) is 0. The van der Waals surface area contributed by atoms with Gasteiger partial charge in [-0.2, -0.15) is 0 Å². The quantitative estimate of drug-likeness (QED) is 0.0648. The molecule has 0 unspecified atom stereocenters. The molecule has 0 atom stereocenters. The van der Waals surface area contributed by atoms with Crippen LogP contribution >= 0.6 is 22.7 Å². The molecule has 2 heterocycles. The van der Waals surface area contributed by atoms with E-state index in [0.29, 0.717) is 26.2 Å². The zero-order chi connectivity index (χ0) is 35.4. The lowest BCUT2D eigenvalue weighted by atomic mass is 10.2. The molecular weight excluding hydrogens is 687 g/mol. The normalized spacial score (nSPS) is 11.0. The molecule has 0 radical (unpaired) electrons. The highest BCUT2D eigenvalue weighted by atomic mass is 32.1. The van der Waals surface area contributed by atoms with Gasteiger partial charge in [-0.1, -0.05) is 36.4 Å². The first kappa shape index (κ1) is 38.6. The van der Waals surface area contributed by atoms with Crippen molar-refractivity contribution in [2.24, 2.45) is 0 Å². The number of amides is 2. The Morgan fingerprint density at radius 2 is 0.980 bits per heavy atom. The topological polar surface area (TPSA) is 118 Å². The third-order valence-electron chi connectivity index (χ3n) is 6.92. The third kappa shape index (κ3) is 14.0. The number of rotatable bonds is 22. The summed E-state index contributed by atoms with van der Waals surface area (Å²) < 4.78 is 42.7. The Hall–Kier alpha value is -4.22. The van der Waals surface area contributed by atoms with E-state index in [-0.39, 0.29) is 40.6 Å². The van der Waals surface area contributed by atoms with Crippen LogP contribution in [0.1, 0.15) is 20.9 Å². The molecule has 4 rings (SSSR count). The second kappa shape index (κ2) is 21.8. The highest BCUT2D eigenvalue weighted by molar-refractivity contribution is 7.10. The van der Waals surface area contributed by atoms with Crippen molar-refractivity contribution in [3.05, 3.63) is 104 Å². The fourth-order valence-electron chi connectivity index (χ4n) is 4.43. The first-order valence-corrected chi connectivity index (χ1v) is 17.3. The SMILES string of the molecule is COc1ccc(CN(Cc2cccs2)C(=O)OCOCOCN(C)COCOCOC(=O)N(Cc2ccc(OC)cc2)Cc2cccs2)cc1. The number of benzene rings is 2. The largest absolute Gasteiger partial charge is 0.497 e. The summed E-state index contributed by atoms with van der Waals surface area (Å²) in [5.41, 5.74) is 1.88. The maximum absolute atomic E-state index is 12.9. The van der Waals surface area contributed by atoms with Crippen LogP contribution < -0.4 is 9.47 Å². The van der Waals surface area contributed by atoms with E-state index >= 15 is 0 Å². The molecule has 0 aliphatic heterocycles. The van der Waals surface area contributed by atoms with Crippen molar-refractivity contribution >= 4 is 34.9 Å². The minimum Gasteiger partial charge on any atom is -0.497 e. The number of thiophene rings is 2. The highest BCUT2D eigenvalue weighted by Gasteiger charge is 2.18. The van der Waals surface area contributed by atoms with Gasteiger partial charge < -0.3 is 37.9 Å². The molecule has 50 heavy (non-hydrogen) atoms. The molecule has 0 saturated carbocycles. The molecule has 270 valence electrons. The number of ether oxygens (including phenoxy) is 8. The standard InChI is InChI=1S/C35H43N3O10S2/c1-36(22-43-24-45-26-47-34(39)37(20-32-6-4-16-49-32)18-28-8-12-30(41-2)13-9-28)23-44-25-46-27-48-35(40)38(21-33-7-5-17-50-33)19-29-10-14-31(42-3)15-11-29/h4-17H,18-27H2,1-3H3. The van der Waals surface area contributed by atoms with Crippen molar-refractivity contribution < 1.29 is 47.5 Å². The molecule has 2 aromatic carbocycles. The Kier molecular flexibility index (Phi) is 16.8. The molecule has 15 heteroatoms. The first-order chi connectivity index (χ1) is 24.4. The Morgan fingerprint density at radius 1 is 0.560 bits per heavy atom. The van der Waals surface area contributed by atoms with Crippen LogP contribution in [0.3, 0.4) is 0 Å². The Morgan fingerprint density at radius 3 is 1.34 bits per heavy atom. The van der Waals surface area contributed by atoms with Crippen molar-refractivity contribution in [1.29, 1.82) is 0 Å². The maximum Gasteiger partial charge on any atom is 0.412 e. The summed E-state index contributed by atoms with van der Waals surface area (Å²) >= 11 is 3.14. The van der Waals surface area contributed by atoms with Gasteiger partial charge in [0, 0.05) is 22.8 Å². The predicted molar refractivity (Wildman–Crippen MR) is 187 cm³/mol. The summed E-state index contributed by atoms with van der Waals surface area (Å²) in [6.45, 7) is 1.22. The van der Waals surface area contributed by atoms with Crippen molar-refractivity contribution in [2.45, 2.75) is 26.2 Å². The first-order valence-electron chi connectivity index (χ1n) is 15.6. The van der Waals surface area contributed by atoms with Crippen LogP contribution in [-0.2, 0) is 54.6 Å². The van der Waals surface area contributed by atoms with Crippen LogP contribution in [0.25, 0.3) is 0 Å². The Bertz CT molecular complexity index is 1390. The van der Waals surface area contributed by atoms with Gasteiger partial charge in [-0.3, -0.25) is 14.7 Å². The molecule has 0 aliphatic carbocycles. The van der Waals surface area contributed by atoms with Crippen LogP contribution in [0.4, 0.5) is 9.59 Å². The fraction of sp³-hybridized carbons (Fsp3) is 0.371. The monoisotopic (exact) mass is 729 g/mol.